The molecule has 0 saturated heterocycles. The zero-order valence-electron chi connectivity index (χ0n) is 23.8. The molecule has 2 heterocycles. The minimum absolute atomic E-state index is 0.119. The number of nitrogens with zero attached hydrogens (tertiary/aromatic N) is 3. The molecule has 0 amide bonds. The van der Waals surface area contributed by atoms with E-state index >= 15 is 0 Å². The molecule has 0 aromatic heterocycles. The molecule has 0 saturated carbocycles. The Morgan fingerprint density at radius 3 is 1.43 bits per heavy atom. The van der Waals surface area contributed by atoms with Crippen molar-refractivity contribution in [2.75, 3.05) is 14.4 Å². The molecule has 6 aromatic rings. The van der Waals surface area contributed by atoms with Crippen molar-refractivity contribution in [2.45, 2.75) is 13.8 Å². The lowest BCUT2D eigenvalue weighted by Crippen LogP contribution is -2.52. The molecule has 4 heteroatoms. The van der Waals surface area contributed by atoms with Crippen LogP contribution in [-0.2, 0) is 0 Å². The second-order valence-corrected chi connectivity index (χ2v) is 11.1. The van der Waals surface area contributed by atoms with Crippen LogP contribution in [0.2, 0.25) is 0 Å². The average molecular weight is 539 g/mol. The van der Waals surface area contributed by atoms with Crippen molar-refractivity contribution in [3.8, 4) is 22.3 Å². The van der Waals surface area contributed by atoms with E-state index in [1.807, 2.05) is 0 Å². The minimum Gasteiger partial charge on any atom is -0.343 e. The van der Waals surface area contributed by atoms with Crippen molar-refractivity contribution in [1.82, 2.24) is 0 Å². The molecule has 2 aliphatic heterocycles. The molecule has 8 rings (SSSR count). The fourth-order valence-electron chi connectivity index (χ4n) is 6.81. The van der Waals surface area contributed by atoms with Gasteiger partial charge < -0.3 is 14.4 Å². The topological polar surface area (TPSA) is 9.72 Å². The molecular formula is C38H30BN3. The molecule has 0 bridgehead atoms. The van der Waals surface area contributed by atoms with Crippen LogP contribution in [0.5, 0.6) is 0 Å². The van der Waals surface area contributed by atoms with Gasteiger partial charge in [-0.15, -0.1) is 0 Å². The Labute approximate surface area is 248 Å². The molecule has 0 spiro atoms. The van der Waals surface area contributed by atoms with Gasteiger partial charge in [0.15, 0.2) is 0 Å². The zero-order chi connectivity index (χ0) is 28.2. The number of rotatable bonds is 4. The monoisotopic (exact) mass is 539 g/mol. The lowest BCUT2D eigenvalue weighted by Gasteiger charge is -2.35. The molecule has 0 fully saturated rings. The SMILES string of the molecule is Cc1ccccc1N1B2N(c3ccccc3N2c2c(-c3ccccc3)cccc2-c2ccccc2)c2cccc(C)c21. The molecule has 0 N–H and O–H groups in total. The predicted molar refractivity (Wildman–Crippen MR) is 178 cm³/mol. The Morgan fingerprint density at radius 1 is 0.357 bits per heavy atom. The van der Waals surface area contributed by atoms with Gasteiger partial charge in [0.2, 0.25) is 0 Å². The van der Waals surface area contributed by atoms with E-state index in [2.05, 4.69) is 174 Å². The summed E-state index contributed by atoms with van der Waals surface area (Å²) < 4.78 is 0. The van der Waals surface area contributed by atoms with Gasteiger partial charge in [0.25, 0.3) is 0 Å². The Morgan fingerprint density at radius 2 is 0.810 bits per heavy atom. The second kappa shape index (κ2) is 9.71. The first kappa shape index (κ1) is 24.6. The Bertz CT molecular complexity index is 1880. The molecular weight excluding hydrogens is 509 g/mol. The first-order valence-electron chi connectivity index (χ1n) is 14.6. The number of para-hydroxylation sites is 5. The fraction of sp³-hybridized carbons (Fsp3) is 0.0526. The quantitative estimate of drug-likeness (QED) is 0.206. The largest absolute Gasteiger partial charge is 0.519 e. The van der Waals surface area contributed by atoms with Gasteiger partial charge in [-0.05, 0) is 60.4 Å². The third-order valence-corrected chi connectivity index (χ3v) is 8.63. The van der Waals surface area contributed by atoms with E-state index in [4.69, 9.17) is 0 Å². The van der Waals surface area contributed by atoms with E-state index in [1.165, 1.54) is 67.5 Å². The van der Waals surface area contributed by atoms with Gasteiger partial charge in [-0.2, -0.15) is 0 Å². The van der Waals surface area contributed by atoms with Gasteiger partial charge in [0.05, 0.1) is 22.7 Å². The zero-order valence-corrected chi connectivity index (χ0v) is 23.8. The highest BCUT2D eigenvalue weighted by Crippen LogP contribution is 2.58. The van der Waals surface area contributed by atoms with Crippen LogP contribution in [0.15, 0.2) is 146 Å². The van der Waals surface area contributed by atoms with E-state index in [0.717, 1.165) is 0 Å². The van der Waals surface area contributed by atoms with E-state index < -0.39 is 0 Å². The Hall–Kier alpha value is -5.22. The summed E-state index contributed by atoms with van der Waals surface area (Å²) in [6.45, 7) is 4.45. The number of fused-ring (bicyclic) bond motifs is 5. The van der Waals surface area contributed by atoms with Crippen LogP contribution in [0.3, 0.4) is 0 Å². The third-order valence-electron chi connectivity index (χ3n) is 8.63. The summed E-state index contributed by atoms with van der Waals surface area (Å²) in [5, 5.41) is 0. The van der Waals surface area contributed by atoms with E-state index in [9.17, 15) is 0 Å². The van der Waals surface area contributed by atoms with Gasteiger partial charge >= 0.3 is 7.12 Å². The number of hydrogen-bond acceptors (Lipinski definition) is 3. The van der Waals surface area contributed by atoms with Crippen LogP contribution in [0.1, 0.15) is 11.1 Å². The normalized spacial score (nSPS) is 13.3. The van der Waals surface area contributed by atoms with Crippen molar-refractivity contribution in [1.29, 1.82) is 0 Å². The maximum atomic E-state index is 2.58. The number of anilines is 6. The van der Waals surface area contributed by atoms with Gasteiger partial charge in [-0.1, -0.05) is 121 Å². The molecule has 0 aliphatic carbocycles. The highest BCUT2D eigenvalue weighted by atomic mass is 15.4. The van der Waals surface area contributed by atoms with Gasteiger partial charge in [0.1, 0.15) is 0 Å². The highest BCUT2D eigenvalue weighted by molar-refractivity contribution is 6.80. The number of hydrogen-bond donors (Lipinski definition) is 0. The lowest BCUT2D eigenvalue weighted by molar-refractivity contribution is 1.28. The van der Waals surface area contributed by atoms with E-state index in [0.29, 0.717) is 0 Å². The summed E-state index contributed by atoms with van der Waals surface area (Å²) in [6, 6.07) is 52.7. The number of aryl methyl sites for hydroxylation is 2. The van der Waals surface area contributed by atoms with E-state index in [-0.39, 0.29) is 7.12 Å². The van der Waals surface area contributed by atoms with Crippen molar-refractivity contribution >= 4 is 41.2 Å². The van der Waals surface area contributed by atoms with Crippen molar-refractivity contribution in [2.24, 2.45) is 0 Å². The standard InChI is InChI=1S/C38H30BN3/c1-27-15-9-10-23-33(27)41-37-28(2)16-13-26-36(37)40-34-24-11-12-25-35(34)42(39(40)41)38-31(29-17-5-3-6-18-29)21-14-22-32(38)30-19-7-4-8-20-30/h3-26H,1-2H3. The summed E-state index contributed by atoms with van der Waals surface area (Å²) in [5.74, 6) is 0. The second-order valence-electron chi connectivity index (χ2n) is 11.1. The van der Waals surface area contributed by atoms with Gasteiger partial charge in [0, 0.05) is 22.5 Å². The van der Waals surface area contributed by atoms with Crippen LogP contribution in [0.4, 0.5) is 34.1 Å². The summed E-state index contributed by atoms with van der Waals surface area (Å²) >= 11 is 0. The van der Waals surface area contributed by atoms with Crippen LogP contribution >= 0.6 is 0 Å². The van der Waals surface area contributed by atoms with Crippen LogP contribution in [0.25, 0.3) is 22.3 Å². The first-order valence-corrected chi connectivity index (χ1v) is 14.6. The summed E-state index contributed by atoms with van der Waals surface area (Å²) in [6.07, 6.45) is 0. The average Bonchev–Trinajstić information content (AvgIpc) is 3.55. The summed E-state index contributed by atoms with van der Waals surface area (Å²) in [4.78, 5) is 7.66. The molecule has 3 nitrogen and oxygen atoms in total. The first-order chi connectivity index (χ1) is 20.7. The maximum absolute atomic E-state index is 2.58. The fourth-order valence-corrected chi connectivity index (χ4v) is 6.81. The van der Waals surface area contributed by atoms with Crippen molar-refractivity contribution < 1.29 is 0 Å². The molecule has 0 radical (unpaired) electrons. The smallest absolute Gasteiger partial charge is 0.343 e. The lowest BCUT2D eigenvalue weighted by atomic mass is 9.82. The number of benzene rings is 6. The molecule has 0 atom stereocenters. The minimum atomic E-state index is -0.119. The van der Waals surface area contributed by atoms with Crippen LogP contribution in [-0.4, -0.2) is 7.12 Å². The van der Waals surface area contributed by atoms with Crippen molar-refractivity contribution in [3.63, 3.8) is 0 Å². The third kappa shape index (κ3) is 3.62. The predicted octanol–water partition coefficient (Wildman–Crippen LogP) is 10.1. The molecule has 42 heavy (non-hydrogen) atoms. The molecule has 2 aliphatic rings. The van der Waals surface area contributed by atoms with Gasteiger partial charge in [-0.3, -0.25) is 0 Å². The summed E-state index contributed by atoms with van der Waals surface area (Å²) in [5.41, 5.74) is 14.7. The van der Waals surface area contributed by atoms with E-state index in [1.54, 1.807) is 0 Å². The van der Waals surface area contributed by atoms with Crippen molar-refractivity contribution in [3.05, 3.63) is 157 Å². The summed E-state index contributed by atoms with van der Waals surface area (Å²) in [7, 11) is -0.119. The van der Waals surface area contributed by atoms with Gasteiger partial charge in [-0.25, -0.2) is 0 Å². The maximum Gasteiger partial charge on any atom is 0.519 e. The Kier molecular flexibility index (Phi) is 5.68. The van der Waals surface area contributed by atoms with Crippen LogP contribution in [0, 0.1) is 13.8 Å². The Balaban J connectivity index is 1.47. The molecule has 200 valence electrons. The molecule has 0 unspecified atom stereocenters. The van der Waals surface area contributed by atoms with Crippen LogP contribution < -0.4 is 14.4 Å². The molecule has 6 aromatic carbocycles. The highest BCUT2D eigenvalue weighted by Gasteiger charge is 2.54.